The Balaban J connectivity index is 1.98. The molecule has 0 amide bonds. The molecule has 0 unspecified atom stereocenters. The Labute approximate surface area is 193 Å². The molecule has 9 heteroatoms. The monoisotopic (exact) mass is 462 g/mol. The molecular weight excluding hydrogens is 428 g/mol. The zero-order valence-electron chi connectivity index (χ0n) is 19.3. The molecule has 8 nitrogen and oxygen atoms in total. The van der Waals surface area contributed by atoms with Gasteiger partial charge in [0.1, 0.15) is 11.6 Å². The third-order valence-corrected chi connectivity index (χ3v) is 6.36. The highest BCUT2D eigenvalue weighted by Crippen LogP contribution is 2.36. The number of carboxylic acids is 1. The SMILES string of the molecule is COCc1nnc(Nc2cc([C@H](C)CC(=O)O)ccc2N(CC(C)C)C2CCOCC2)s1. The van der Waals surface area contributed by atoms with E-state index < -0.39 is 5.97 Å². The lowest BCUT2D eigenvalue weighted by Crippen LogP contribution is -2.42. The predicted octanol–water partition coefficient (Wildman–Crippen LogP) is 4.65. The van der Waals surface area contributed by atoms with Crippen LogP contribution in [0.5, 0.6) is 0 Å². The lowest BCUT2D eigenvalue weighted by atomic mass is 9.95. The van der Waals surface area contributed by atoms with Gasteiger partial charge in [-0.1, -0.05) is 38.2 Å². The molecule has 0 radical (unpaired) electrons. The minimum absolute atomic E-state index is 0.0885. The van der Waals surface area contributed by atoms with E-state index in [1.54, 1.807) is 7.11 Å². The number of anilines is 3. The van der Waals surface area contributed by atoms with Crippen LogP contribution in [0.2, 0.25) is 0 Å². The summed E-state index contributed by atoms with van der Waals surface area (Å²) in [6.07, 6.45) is 2.06. The Morgan fingerprint density at radius 3 is 2.72 bits per heavy atom. The average molecular weight is 463 g/mol. The number of nitrogens with zero attached hydrogens (tertiary/aromatic N) is 3. The molecule has 1 saturated heterocycles. The maximum atomic E-state index is 11.3. The van der Waals surface area contributed by atoms with Crippen molar-refractivity contribution in [1.29, 1.82) is 0 Å². The first-order chi connectivity index (χ1) is 15.4. The van der Waals surface area contributed by atoms with E-state index in [9.17, 15) is 9.90 Å². The zero-order chi connectivity index (χ0) is 23.1. The van der Waals surface area contributed by atoms with Crippen LogP contribution in [0.15, 0.2) is 18.2 Å². The number of hydrogen-bond donors (Lipinski definition) is 2. The summed E-state index contributed by atoms with van der Waals surface area (Å²) in [5, 5.41) is 22.7. The molecule has 0 saturated carbocycles. The Morgan fingerprint density at radius 1 is 1.31 bits per heavy atom. The fourth-order valence-electron chi connectivity index (χ4n) is 4.03. The molecule has 1 atom stereocenters. The van der Waals surface area contributed by atoms with Crippen LogP contribution < -0.4 is 10.2 Å². The molecule has 2 aromatic rings. The van der Waals surface area contributed by atoms with E-state index in [0.717, 1.165) is 54.5 Å². The third kappa shape index (κ3) is 6.63. The Bertz CT molecular complexity index is 883. The lowest BCUT2D eigenvalue weighted by Gasteiger charge is -2.38. The van der Waals surface area contributed by atoms with Crippen LogP contribution in [0.3, 0.4) is 0 Å². The van der Waals surface area contributed by atoms with Crippen molar-refractivity contribution in [3.8, 4) is 0 Å². The van der Waals surface area contributed by atoms with Crippen LogP contribution in [0.4, 0.5) is 16.5 Å². The number of rotatable bonds is 11. The van der Waals surface area contributed by atoms with Crippen molar-refractivity contribution in [3.63, 3.8) is 0 Å². The van der Waals surface area contributed by atoms with Crippen molar-refractivity contribution in [2.45, 2.75) is 58.6 Å². The van der Waals surface area contributed by atoms with E-state index in [-0.39, 0.29) is 12.3 Å². The molecular formula is C23H34N4O4S. The standard InChI is InChI=1S/C23H34N4O4S/c1-15(2)13-27(18-7-9-31-10-8-18)20-6-5-17(16(3)11-22(28)29)12-19(20)24-23-26-25-21(32-23)14-30-4/h5-6,12,15-16,18H,7-11,13-14H2,1-4H3,(H,24,26)(H,28,29)/t16-/m1/s1. The summed E-state index contributed by atoms with van der Waals surface area (Å²) in [5.41, 5.74) is 3.00. The van der Waals surface area contributed by atoms with Crippen LogP contribution in [-0.4, -0.2) is 54.2 Å². The van der Waals surface area contributed by atoms with Crippen molar-refractivity contribution in [1.82, 2.24) is 10.2 Å². The summed E-state index contributed by atoms with van der Waals surface area (Å²) in [6, 6.07) is 6.63. The molecule has 0 bridgehead atoms. The fraction of sp³-hybridized carbons (Fsp3) is 0.609. The number of carbonyl (C=O) groups is 1. The fourth-order valence-corrected chi connectivity index (χ4v) is 4.75. The second-order valence-electron chi connectivity index (χ2n) is 8.72. The summed E-state index contributed by atoms with van der Waals surface area (Å²) >= 11 is 1.46. The number of carboxylic acid groups (broad SMARTS) is 1. The summed E-state index contributed by atoms with van der Waals surface area (Å²) in [7, 11) is 1.64. The highest BCUT2D eigenvalue weighted by molar-refractivity contribution is 7.15. The molecule has 2 N–H and O–H groups in total. The molecule has 1 aromatic carbocycles. The molecule has 3 rings (SSSR count). The molecule has 176 valence electrons. The molecule has 1 aliphatic rings. The summed E-state index contributed by atoms with van der Waals surface area (Å²) < 4.78 is 10.8. The molecule has 1 aromatic heterocycles. The van der Waals surface area contributed by atoms with Crippen molar-refractivity contribution in [2.75, 3.05) is 37.1 Å². The largest absolute Gasteiger partial charge is 0.481 e. The summed E-state index contributed by atoms with van der Waals surface area (Å²) in [6.45, 7) is 9.28. The van der Waals surface area contributed by atoms with Crippen LogP contribution >= 0.6 is 11.3 Å². The molecule has 0 aliphatic carbocycles. The molecule has 1 fully saturated rings. The maximum absolute atomic E-state index is 11.3. The van der Waals surface area contributed by atoms with E-state index in [1.165, 1.54) is 11.3 Å². The zero-order valence-corrected chi connectivity index (χ0v) is 20.2. The number of methoxy groups -OCH3 is 1. The van der Waals surface area contributed by atoms with Crippen LogP contribution in [0, 0.1) is 5.92 Å². The number of aliphatic carboxylic acids is 1. The smallest absolute Gasteiger partial charge is 0.303 e. The molecule has 0 spiro atoms. The number of benzene rings is 1. The highest BCUT2D eigenvalue weighted by atomic mass is 32.1. The second kappa shape index (κ2) is 11.6. The van der Waals surface area contributed by atoms with Gasteiger partial charge in [0.25, 0.3) is 0 Å². The average Bonchev–Trinajstić information content (AvgIpc) is 3.19. The topological polar surface area (TPSA) is 96.8 Å². The van der Waals surface area contributed by atoms with E-state index in [4.69, 9.17) is 9.47 Å². The summed E-state index contributed by atoms with van der Waals surface area (Å²) in [5.74, 6) is -0.401. The van der Waals surface area contributed by atoms with Crippen molar-refractivity contribution < 1.29 is 19.4 Å². The lowest BCUT2D eigenvalue weighted by molar-refractivity contribution is -0.137. The first kappa shape index (κ1) is 24.4. The maximum Gasteiger partial charge on any atom is 0.303 e. The number of aromatic nitrogens is 2. The normalized spacial score (nSPS) is 15.7. The minimum atomic E-state index is -0.798. The van der Waals surface area contributed by atoms with Crippen molar-refractivity contribution in [3.05, 3.63) is 28.8 Å². The van der Waals surface area contributed by atoms with Gasteiger partial charge in [-0.2, -0.15) is 0 Å². The Kier molecular flexibility index (Phi) is 8.84. The van der Waals surface area contributed by atoms with Crippen LogP contribution in [-0.2, 0) is 20.9 Å². The van der Waals surface area contributed by atoms with Gasteiger partial charge in [0.15, 0.2) is 0 Å². The Hall–Kier alpha value is -2.23. The number of ether oxygens (including phenoxy) is 2. The molecule has 2 heterocycles. The predicted molar refractivity (Wildman–Crippen MR) is 127 cm³/mol. The van der Waals surface area contributed by atoms with E-state index >= 15 is 0 Å². The van der Waals surface area contributed by atoms with Gasteiger partial charge >= 0.3 is 5.97 Å². The van der Waals surface area contributed by atoms with Gasteiger partial charge in [-0.3, -0.25) is 4.79 Å². The van der Waals surface area contributed by atoms with Gasteiger partial charge in [-0.05, 0) is 42.4 Å². The Morgan fingerprint density at radius 2 is 2.06 bits per heavy atom. The highest BCUT2D eigenvalue weighted by Gasteiger charge is 2.25. The first-order valence-electron chi connectivity index (χ1n) is 11.2. The third-order valence-electron chi connectivity index (χ3n) is 5.55. The summed E-state index contributed by atoms with van der Waals surface area (Å²) in [4.78, 5) is 13.7. The van der Waals surface area contributed by atoms with Gasteiger partial charge in [0.05, 0.1) is 17.8 Å². The van der Waals surface area contributed by atoms with Crippen molar-refractivity contribution >= 4 is 33.8 Å². The number of nitrogens with one attached hydrogen (secondary N) is 1. The van der Waals surface area contributed by atoms with Crippen LogP contribution in [0.25, 0.3) is 0 Å². The second-order valence-corrected chi connectivity index (χ2v) is 9.79. The molecule has 1 aliphatic heterocycles. The minimum Gasteiger partial charge on any atom is -0.481 e. The van der Waals surface area contributed by atoms with Gasteiger partial charge in [0, 0.05) is 32.9 Å². The van der Waals surface area contributed by atoms with Gasteiger partial charge < -0.3 is 24.8 Å². The first-order valence-corrected chi connectivity index (χ1v) is 12.0. The van der Waals surface area contributed by atoms with Gasteiger partial charge in [0.2, 0.25) is 5.13 Å². The van der Waals surface area contributed by atoms with E-state index in [2.05, 4.69) is 52.5 Å². The van der Waals surface area contributed by atoms with Crippen LogP contribution in [0.1, 0.15) is 56.5 Å². The van der Waals surface area contributed by atoms with Gasteiger partial charge in [-0.15, -0.1) is 10.2 Å². The van der Waals surface area contributed by atoms with E-state index in [1.807, 2.05) is 6.92 Å². The van der Waals surface area contributed by atoms with Crippen molar-refractivity contribution in [2.24, 2.45) is 5.92 Å². The van der Waals surface area contributed by atoms with Gasteiger partial charge in [-0.25, -0.2) is 0 Å². The number of hydrogen-bond acceptors (Lipinski definition) is 8. The quantitative estimate of drug-likeness (QED) is 0.498. The molecule has 32 heavy (non-hydrogen) atoms. The van der Waals surface area contributed by atoms with E-state index in [0.29, 0.717) is 23.7 Å².